The number of nitrogens with one attached hydrogen (secondary N) is 2. The number of allylic oxidation sites excluding steroid dienone is 1. The molecule has 0 radical (unpaired) electrons. The topological polar surface area (TPSA) is 239 Å². The van der Waals surface area contributed by atoms with E-state index in [1.54, 1.807) is 74.7 Å². The fourth-order valence-corrected chi connectivity index (χ4v) is 8.69. The molecular formula is C48H44ClF3N4O10. The van der Waals surface area contributed by atoms with Crippen molar-refractivity contribution in [2.24, 2.45) is 28.2 Å². The fraction of sp³-hybridized carbons (Fsp3) is 0.271. The van der Waals surface area contributed by atoms with Gasteiger partial charge in [0, 0.05) is 27.8 Å². The number of benzene rings is 4. The summed E-state index contributed by atoms with van der Waals surface area (Å²) in [4.78, 5) is 62.1. The van der Waals surface area contributed by atoms with Crippen LogP contribution in [-0.2, 0) is 9.59 Å². The minimum absolute atomic E-state index is 0.0934. The molecule has 4 aliphatic rings. The lowest BCUT2D eigenvalue weighted by Crippen LogP contribution is -2.51. The Morgan fingerprint density at radius 3 is 1.88 bits per heavy atom. The zero-order valence-electron chi connectivity index (χ0n) is 35.4. The minimum atomic E-state index is -4.76. The summed E-state index contributed by atoms with van der Waals surface area (Å²) in [5.41, 5.74) is 3.19. The van der Waals surface area contributed by atoms with Crippen molar-refractivity contribution in [3.8, 4) is 11.8 Å². The van der Waals surface area contributed by atoms with Crippen LogP contribution in [0.5, 0.6) is 5.75 Å². The second kappa shape index (κ2) is 21.5. The number of halogens is 4. The van der Waals surface area contributed by atoms with E-state index in [9.17, 15) is 37.1 Å². The summed E-state index contributed by atoms with van der Waals surface area (Å²) < 4.78 is 39.6. The number of aromatic amines is 1. The monoisotopic (exact) mass is 928 g/mol. The third-order valence-corrected chi connectivity index (χ3v) is 11.4. The maximum absolute atomic E-state index is 12.9. The molecule has 66 heavy (non-hydrogen) atoms. The van der Waals surface area contributed by atoms with Crippen LogP contribution in [0.2, 0.25) is 5.02 Å². The maximum atomic E-state index is 12.9. The molecule has 4 bridgehead atoms. The summed E-state index contributed by atoms with van der Waals surface area (Å²) in [5.74, 6) is -2.35. The molecule has 18 heteroatoms. The van der Waals surface area contributed by atoms with Crippen LogP contribution in [0.1, 0.15) is 89.1 Å². The Labute approximate surface area is 381 Å². The molecule has 9 rings (SSSR count). The van der Waals surface area contributed by atoms with Gasteiger partial charge in [0.25, 0.3) is 0 Å². The number of rotatable bonds is 9. The summed E-state index contributed by atoms with van der Waals surface area (Å²) in [6.45, 7) is 3.18. The van der Waals surface area contributed by atoms with Gasteiger partial charge in [0.1, 0.15) is 23.1 Å². The van der Waals surface area contributed by atoms with Crippen molar-refractivity contribution in [3.63, 3.8) is 0 Å². The van der Waals surface area contributed by atoms with Crippen molar-refractivity contribution in [1.29, 1.82) is 5.26 Å². The number of aromatic carboxylic acids is 3. The molecule has 0 unspecified atom stereocenters. The normalized spacial score (nSPS) is 18.8. The van der Waals surface area contributed by atoms with Crippen molar-refractivity contribution in [2.45, 2.75) is 58.7 Å². The highest BCUT2D eigenvalue weighted by Gasteiger charge is 2.54. The van der Waals surface area contributed by atoms with E-state index in [1.807, 2.05) is 12.1 Å². The predicted octanol–water partition coefficient (Wildman–Crippen LogP) is 11.0. The molecule has 0 aliphatic heterocycles. The second-order valence-corrected chi connectivity index (χ2v) is 16.7. The van der Waals surface area contributed by atoms with Crippen LogP contribution >= 0.6 is 11.6 Å². The third kappa shape index (κ3) is 13.8. The van der Waals surface area contributed by atoms with Crippen LogP contribution in [0.4, 0.5) is 24.5 Å². The highest BCUT2D eigenvalue weighted by Crippen LogP contribution is 2.60. The second-order valence-electron chi connectivity index (χ2n) is 16.3. The van der Waals surface area contributed by atoms with E-state index < -0.39 is 30.2 Å². The molecule has 1 amide bonds. The number of carboxylic acid groups (broad SMARTS) is 4. The van der Waals surface area contributed by atoms with Gasteiger partial charge in [0.05, 0.1) is 22.2 Å². The van der Waals surface area contributed by atoms with E-state index in [2.05, 4.69) is 20.0 Å². The number of carbonyl (C=O) groups is 5. The number of aromatic nitrogens is 1. The number of hydrogen-bond acceptors (Lipinski definition) is 8. The Balaban J connectivity index is 0.000000172. The maximum Gasteiger partial charge on any atom is 0.573 e. The molecule has 4 aromatic carbocycles. The van der Waals surface area contributed by atoms with Gasteiger partial charge in [-0.1, -0.05) is 35.4 Å². The number of carboxylic acids is 4. The van der Waals surface area contributed by atoms with Crippen LogP contribution in [0.3, 0.4) is 0 Å². The lowest BCUT2D eigenvalue weighted by Gasteiger charge is -2.55. The molecule has 344 valence electrons. The molecule has 0 saturated heterocycles. The van der Waals surface area contributed by atoms with Gasteiger partial charge in [-0.05, 0) is 155 Å². The summed E-state index contributed by atoms with van der Waals surface area (Å²) in [6.07, 6.45) is 3.91. The van der Waals surface area contributed by atoms with Crippen molar-refractivity contribution in [2.75, 3.05) is 5.32 Å². The fourth-order valence-electron chi connectivity index (χ4n) is 8.57. The van der Waals surface area contributed by atoms with E-state index in [0.29, 0.717) is 32.9 Å². The van der Waals surface area contributed by atoms with Crippen LogP contribution in [-0.4, -0.2) is 67.8 Å². The first-order valence-electron chi connectivity index (χ1n) is 20.3. The average molecular weight is 929 g/mol. The molecule has 5 aromatic rings. The molecule has 6 N–H and O–H groups in total. The van der Waals surface area contributed by atoms with Gasteiger partial charge in [-0.25, -0.2) is 19.2 Å². The first-order valence-corrected chi connectivity index (χ1v) is 20.7. The van der Waals surface area contributed by atoms with E-state index in [1.165, 1.54) is 43.5 Å². The zero-order chi connectivity index (χ0) is 48.3. The number of aliphatic carboxylic acids is 1. The number of hydrogen-bond donors (Lipinski definition) is 6. The molecule has 14 nitrogen and oxygen atoms in total. The van der Waals surface area contributed by atoms with E-state index >= 15 is 0 Å². The molecular weight excluding hydrogens is 885 g/mol. The summed E-state index contributed by atoms with van der Waals surface area (Å²) in [7, 11) is 0. The number of nitriles is 1. The molecule has 4 saturated carbocycles. The lowest BCUT2D eigenvalue weighted by atomic mass is 9.49. The number of fused-ring (bicyclic) bond motifs is 1. The summed E-state index contributed by atoms with van der Waals surface area (Å²) >= 11 is 5.78. The van der Waals surface area contributed by atoms with Crippen molar-refractivity contribution >= 4 is 69.9 Å². The van der Waals surface area contributed by atoms with Crippen molar-refractivity contribution in [3.05, 3.63) is 136 Å². The number of alkyl halides is 3. The third-order valence-electron chi connectivity index (χ3n) is 11.1. The Kier molecular flexibility index (Phi) is 16.1. The number of amides is 1. The highest BCUT2D eigenvalue weighted by atomic mass is 35.5. The molecule has 4 aliphatic carbocycles. The highest BCUT2D eigenvalue weighted by molar-refractivity contribution is 6.30. The van der Waals surface area contributed by atoms with Crippen molar-refractivity contribution in [1.82, 2.24) is 4.98 Å². The van der Waals surface area contributed by atoms with Crippen LogP contribution < -0.4 is 10.1 Å². The molecule has 0 spiro atoms. The zero-order valence-corrected chi connectivity index (χ0v) is 36.2. The van der Waals surface area contributed by atoms with E-state index in [0.717, 1.165) is 54.7 Å². The predicted molar refractivity (Wildman–Crippen MR) is 238 cm³/mol. The van der Waals surface area contributed by atoms with Crippen LogP contribution in [0, 0.1) is 34.5 Å². The number of carbonyl (C=O) groups excluding carboxylic acids is 1. The Morgan fingerprint density at radius 1 is 0.803 bits per heavy atom. The van der Waals surface area contributed by atoms with Gasteiger partial charge in [0.2, 0.25) is 5.91 Å². The average Bonchev–Trinajstić information content (AvgIpc) is 3.68. The summed E-state index contributed by atoms with van der Waals surface area (Å²) in [5, 5.41) is 47.0. The molecule has 4 fully saturated rings. The van der Waals surface area contributed by atoms with Crippen molar-refractivity contribution < 1.29 is 62.3 Å². The molecule has 1 heterocycles. The van der Waals surface area contributed by atoms with Crippen LogP contribution in [0.25, 0.3) is 10.9 Å². The minimum Gasteiger partial charge on any atom is -0.478 e. The number of anilines is 1. The SMILES string of the molecule is CC(C)=C(C#N)C(=O)O.O=C(O)c1cc2cc(OC(F)(F)F)ccc2[nH]1.O=C(O)c1ccc(N=Cc2ccc(Cl)cc2)cc1.O=C(O)c1cccc(NC(=O)C23CC4CC(CC(C4)C2)C3)c1. The van der Waals surface area contributed by atoms with Gasteiger partial charge >= 0.3 is 30.2 Å². The number of ether oxygens (including phenoxy) is 1. The van der Waals surface area contributed by atoms with E-state index in [4.69, 9.17) is 37.3 Å². The lowest BCUT2D eigenvalue weighted by molar-refractivity contribution is -0.274. The Morgan fingerprint density at radius 2 is 1.39 bits per heavy atom. The van der Waals surface area contributed by atoms with Gasteiger partial charge < -0.3 is 35.5 Å². The number of H-pyrrole nitrogens is 1. The number of aliphatic imine (C=N–C) groups is 1. The molecule has 0 atom stereocenters. The quantitative estimate of drug-likeness (QED) is 0.0461. The van der Waals surface area contributed by atoms with Gasteiger partial charge in [-0.3, -0.25) is 9.79 Å². The smallest absolute Gasteiger partial charge is 0.478 e. The Hall–Kier alpha value is -7.45. The Bertz CT molecular complexity index is 2670. The molecule has 1 aromatic heterocycles. The van der Waals surface area contributed by atoms with E-state index in [-0.39, 0.29) is 39.5 Å². The summed E-state index contributed by atoms with van der Waals surface area (Å²) in [6, 6.07) is 26.6. The van der Waals surface area contributed by atoms with Gasteiger partial charge in [-0.2, -0.15) is 5.26 Å². The standard InChI is InChI=1S/C18H21NO3.C14H10ClNO2.C10H6F3NO3.C6H7NO2/c20-16(21)14-2-1-3-15(7-14)19-17(22)18-8-11-4-12(9-18)6-13(5-11)10-18;15-12-5-1-10(2-6-12)9-16-13-7-3-11(4-8-13)14(17)18;11-10(12,13)17-6-1-2-7-5(3-6)4-8(14-7)9(15)16;1-4(2)5(3-7)6(8)9/h1-3,7,11-13H,4-6,8-10H2,(H,19,22)(H,20,21);1-9H,(H,17,18);1-4,14H,(H,15,16);1-2H3,(H,8,9). The first-order chi connectivity index (χ1) is 31.1. The van der Waals surface area contributed by atoms with Crippen LogP contribution in [0.15, 0.2) is 113 Å². The largest absolute Gasteiger partial charge is 0.573 e. The van der Waals surface area contributed by atoms with Gasteiger partial charge in [-0.15, -0.1) is 13.2 Å². The number of nitrogens with zero attached hydrogens (tertiary/aromatic N) is 2. The first kappa shape index (κ1) is 49.6. The van der Waals surface area contributed by atoms with Gasteiger partial charge in [0.15, 0.2) is 0 Å².